The summed E-state index contributed by atoms with van der Waals surface area (Å²) in [5.74, 6) is 0. The van der Waals surface area contributed by atoms with Crippen molar-refractivity contribution in [1.82, 2.24) is 9.13 Å². The number of benzene rings is 6. The van der Waals surface area contributed by atoms with Crippen LogP contribution in [0.5, 0.6) is 0 Å². The van der Waals surface area contributed by atoms with E-state index in [9.17, 15) is 0 Å². The first-order valence-corrected chi connectivity index (χ1v) is 23.7. The summed E-state index contributed by atoms with van der Waals surface area (Å²) < 4.78 is 5.29. The minimum atomic E-state index is -0.217. The molecule has 322 valence electrons. The maximum atomic E-state index is 2.64. The van der Waals surface area contributed by atoms with Gasteiger partial charge in [0.2, 0.25) is 0 Å². The molecular weight excluding hydrogens is 761 g/mol. The van der Waals surface area contributed by atoms with Crippen molar-refractivity contribution in [3.63, 3.8) is 0 Å². The van der Waals surface area contributed by atoms with E-state index in [-0.39, 0.29) is 37.9 Å². The minimum absolute atomic E-state index is 0.0155. The molecule has 0 bridgehead atoms. The van der Waals surface area contributed by atoms with Gasteiger partial charge in [-0.25, -0.2) is 0 Å². The van der Waals surface area contributed by atoms with Gasteiger partial charge in [-0.1, -0.05) is 149 Å². The van der Waals surface area contributed by atoms with E-state index in [1.807, 2.05) is 0 Å². The average molecular weight is 829 g/mol. The van der Waals surface area contributed by atoms with Gasteiger partial charge in [0.05, 0.1) is 33.4 Å². The first kappa shape index (κ1) is 40.7. The monoisotopic (exact) mass is 829 g/mol. The van der Waals surface area contributed by atoms with E-state index in [0.29, 0.717) is 0 Å². The Labute approximate surface area is 376 Å². The Kier molecular flexibility index (Phi) is 7.61. The maximum absolute atomic E-state index is 2.64. The van der Waals surface area contributed by atoms with Gasteiger partial charge in [-0.05, 0) is 149 Å². The number of hydrogen-bond donors (Lipinski definition) is 0. The van der Waals surface area contributed by atoms with E-state index in [0.717, 1.165) is 0 Å². The molecule has 0 radical (unpaired) electrons. The highest BCUT2D eigenvalue weighted by molar-refractivity contribution is 6.14. The van der Waals surface area contributed by atoms with Gasteiger partial charge in [0.1, 0.15) is 0 Å². The number of fused-ring (bicyclic) bond motifs is 13. The van der Waals surface area contributed by atoms with Crippen molar-refractivity contribution in [2.45, 2.75) is 163 Å². The average Bonchev–Trinajstić information content (AvgIpc) is 3.76. The Hall–Kier alpha value is -5.08. The van der Waals surface area contributed by atoms with Crippen LogP contribution in [0.2, 0.25) is 0 Å². The largest absolute Gasteiger partial charge is 0.309 e. The SMILES string of the molecule is CC(C)(C)c1ccc2c(c1)c1cc(C(C)(C)C)cc3c1n2-c1cc2c(cc1C3(C)C)-c1cc3c(cc1C2(C)C)-n1c2ccc(C(C)(C)C)cc2c2cc(C(C)(C)C)cc(c21)C3(C)C. The number of nitrogens with zero attached hydrogens (tertiary/aromatic N) is 2. The number of hydrogen-bond acceptors (Lipinski definition) is 0. The molecule has 0 spiro atoms. The summed E-state index contributed by atoms with van der Waals surface area (Å²) in [6.45, 7) is 43.1. The predicted octanol–water partition coefficient (Wildman–Crippen LogP) is 16.7. The van der Waals surface area contributed by atoms with Crippen LogP contribution in [0.3, 0.4) is 0 Å². The van der Waals surface area contributed by atoms with E-state index in [1.165, 1.54) is 122 Å². The molecule has 0 N–H and O–H groups in total. The van der Waals surface area contributed by atoms with Crippen LogP contribution in [-0.2, 0) is 37.9 Å². The summed E-state index contributed by atoms with van der Waals surface area (Å²) in [6.07, 6.45) is 0. The van der Waals surface area contributed by atoms with Crippen molar-refractivity contribution < 1.29 is 0 Å². The second kappa shape index (κ2) is 11.8. The van der Waals surface area contributed by atoms with E-state index in [4.69, 9.17) is 0 Å². The van der Waals surface area contributed by atoms with Gasteiger partial charge in [0.25, 0.3) is 0 Å². The molecule has 6 aromatic carbocycles. The molecule has 11 rings (SSSR count). The van der Waals surface area contributed by atoms with E-state index in [2.05, 4.69) is 219 Å². The lowest BCUT2D eigenvalue weighted by molar-refractivity contribution is 0.581. The molecule has 1 aliphatic carbocycles. The van der Waals surface area contributed by atoms with Crippen LogP contribution in [0.15, 0.2) is 84.9 Å². The molecule has 0 fully saturated rings. The third-order valence-corrected chi connectivity index (χ3v) is 16.3. The fourth-order valence-corrected chi connectivity index (χ4v) is 12.0. The standard InChI is InChI=1S/C61H68N2/c1-55(2,3)33-19-21-49-39(23-33)41-25-35(57(7,8)9)27-47-53(41)62(49)51-31-43-37(29-45(51)60(47,15)16)38-30-46-52(32-44(38)59(43,13)14)63-50-22-20-34(56(4,5)6)24-40(50)42-26-36(58(10,11)12)28-48(54(42)63)61(46,17)18/h19-32H,1-18H3. The molecule has 8 aromatic rings. The predicted molar refractivity (Wildman–Crippen MR) is 272 cm³/mol. The van der Waals surface area contributed by atoms with E-state index < -0.39 is 0 Å². The summed E-state index contributed by atoms with van der Waals surface area (Å²) in [6, 6.07) is 35.2. The van der Waals surface area contributed by atoms with E-state index in [1.54, 1.807) is 0 Å². The molecule has 2 aliphatic heterocycles. The Bertz CT molecular complexity index is 3150. The Morgan fingerprint density at radius 1 is 0.317 bits per heavy atom. The van der Waals surface area contributed by atoms with Gasteiger partial charge in [-0.15, -0.1) is 0 Å². The molecule has 0 saturated heterocycles. The van der Waals surface area contributed by atoms with Gasteiger partial charge < -0.3 is 9.13 Å². The molecule has 0 unspecified atom stereocenters. The highest BCUT2D eigenvalue weighted by Crippen LogP contribution is 2.58. The van der Waals surface area contributed by atoms with Gasteiger partial charge in [0.15, 0.2) is 0 Å². The lowest BCUT2D eigenvalue weighted by Crippen LogP contribution is -2.28. The molecule has 2 heteroatoms. The smallest absolute Gasteiger partial charge is 0.0582 e. The molecule has 0 amide bonds. The fourth-order valence-electron chi connectivity index (χ4n) is 12.0. The lowest BCUT2D eigenvalue weighted by atomic mass is 9.71. The first-order valence-electron chi connectivity index (χ1n) is 23.7. The van der Waals surface area contributed by atoms with Crippen molar-refractivity contribution in [2.24, 2.45) is 0 Å². The highest BCUT2D eigenvalue weighted by Gasteiger charge is 2.45. The van der Waals surface area contributed by atoms with Crippen LogP contribution in [-0.4, -0.2) is 9.13 Å². The Morgan fingerprint density at radius 3 is 0.968 bits per heavy atom. The van der Waals surface area contributed by atoms with Crippen molar-refractivity contribution in [3.05, 3.63) is 141 Å². The second-order valence-electron chi connectivity index (χ2n) is 25.7. The van der Waals surface area contributed by atoms with Crippen LogP contribution in [0.25, 0.3) is 66.1 Å². The van der Waals surface area contributed by atoms with Crippen LogP contribution >= 0.6 is 0 Å². The lowest BCUT2D eigenvalue weighted by Gasteiger charge is -2.37. The molecule has 63 heavy (non-hydrogen) atoms. The second-order valence-corrected chi connectivity index (χ2v) is 25.7. The summed E-state index contributed by atoms with van der Waals surface area (Å²) in [7, 11) is 0. The quantitative estimate of drug-likeness (QED) is 0.144. The highest BCUT2D eigenvalue weighted by atomic mass is 15.0. The zero-order chi connectivity index (χ0) is 45.3. The van der Waals surface area contributed by atoms with Crippen molar-refractivity contribution in [2.75, 3.05) is 0 Å². The molecule has 0 saturated carbocycles. The van der Waals surface area contributed by atoms with E-state index >= 15 is 0 Å². The maximum Gasteiger partial charge on any atom is 0.0582 e. The normalized spacial score (nSPS) is 17.1. The van der Waals surface area contributed by atoms with Gasteiger partial charge in [-0.2, -0.15) is 0 Å². The summed E-state index contributed by atoms with van der Waals surface area (Å²) in [4.78, 5) is 0. The molecular formula is C61H68N2. The summed E-state index contributed by atoms with van der Waals surface area (Å²) >= 11 is 0. The Morgan fingerprint density at radius 2 is 0.635 bits per heavy atom. The van der Waals surface area contributed by atoms with Crippen molar-refractivity contribution >= 4 is 43.6 Å². The van der Waals surface area contributed by atoms with Crippen LogP contribution in [0.4, 0.5) is 0 Å². The molecule has 0 atom stereocenters. The zero-order valence-electron chi connectivity index (χ0n) is 41.5. The fraction of sp³-hybridized carbons (Fsp3) is 0.410. The van der Waals surface area contributed by atoms with Gasteiger partial charge >= 0.3 is 0 Å². The Balaban J connectivity index is 1.20. The third-order valence-electron chi connectivity index (χ3n) is 16.3. The first-order chi connectivity index (χ1) is 29.0. The topological polar surface area (TPSA) is 9.86 Å². The van der Waals surface area contributed by atoms with Crippen molar-refractivity contribution in [3.8, 4) is 22.5 Å². The molecule has 3 aliphatic rings. The summed E-state index contributed by atoms with van der Waals surface area (Å²) in [5.41, 5.74) is 24.4. The van der Waals surface area contributed by atoms with Crippen LogP contribution < -0.4 is 0 Å². The minimum Gasteiger partial charge on any atom is -0.309 e. The van der Waals surface area contributed by atoms with Crippen LogP contribution in [0, 0.1) is 0 Å². The van der Waals surface area contributed by atoms with Crippen LogP contribution in [0.1, 0.15) is 180 Å². The molecule has 4 heterocycles. The molecule has 2 aromatic heterocycles. The zero-order valence-corrected chi connectivity index (χ0v) is 41.5. The number of aromatic nitrogens is 2. The van der Waals surface area contributed by atoms with Gasteiger partial charge in [-0.3, -0.25) is 0 Å². The van der Waals surface area contributed by atoms with Gasteiger partial charge in [0, 0.05) is 37.8 Å². The van der Waals surface area contributed by atoms with Crippen molar-refractivity contribution in [1.29, 1.82) is 0 Å². The third kappa shape index (κ3) is 5.25. The molecule has 2 nitrogen and oxygen atoms in total. The summed E-state index contributed by atoms with van der Waals surface area (Å²) in [5, 5.41) is 5.48. The number of rotatable bonds is 0.